The average Bonchev–Trinajstić information content (AvgIpc) is 3.75. The summed E-state index contributed by atoms with van der Waals surface area (Å²) >= 11 is 0. The molecule has 0 bridgehead atoms. The molecule has 3 heterocycles. The molecule has 1 atom stereocenters. The predicted molar refractivity (Wildman–Crippen MR) is 153 cm³/mol. The zero-order chi connectivity index (χ0) is 28.3. The third-order valence-electron chi connectivity index (χ3n) is 8.75. The van der Waals surface area contributed by atoms with E-state index in [-0.39, 0.29) is 17.1 Å². The molecule has 1 saturated heterocycles. The highest BCUT2D eigenvalue weighted by atomic mass is 16.5. The molecule has 2 aliphatic heterocycles. The number of carboxylic acids is 1. The molecule has 208 valence electrons. The minimum absolute atomic E-state index is 0.157. The number of hydrogen-bond donors (Lipinski definition) is 2. The van der Waals surface area contributed by atoms with Gasteiger partial charge in [0.25, 0.3) is 0 Å². The van der Waals surface area contributed by atoms with E-state index in [1.54, 1.807) is 43.5 Å². The van der Waals surface area contributed by atoms with Crippen LogP contribution in [0.5, 0.6) is 11.5 Å². The number of nitrogens with zero attached hydrogens (tertiary/aromatic N) is 1. The summed E-state index contributed by atoms with van der Waals surface area (Å²) in [5, 5.41) is 13.7. The Labute approximate surface area is 236 Å². The fourth-order valence-corrected chi connectivity index (χ4v) is 6.47. The van der Waals surface area contributed by atoms with Crippen LogP contribution in [0.25, 0.3) is 22.0 Å². The number of fused-ring (bicyclic) bond motifs is 2. The summed E-state index contributed by atoms with van der Waals surface area (Å²) in [5.41, 5.74) is 2.24. The van der Waals surface area contributed by atoms with E-state index in [2.05, 4.69) is 9.88 Å². The number of rotatable bonds is 6. The van der Waals surface area contributed by atoms with Gasteiger partial charge in [-0.2, -0.15) is 0 Å². The molecule has 3 aromatic carbocycles. The summed E-state index contributed by atoms with van der Waals surface area (Å²) < 4.78 is 14.5. The van der Waals surface area contributed by atoms with Crippen molar-refractivity contribution in [1.29, 1.82) is 0 Å². The van der Waals surface area contributed by atoms with Gasteiger partial charge in [-0.1, -0.05) is 18.2 Å². The van der Waals surface area contributed by atoms with Crippen molar-refractivity contribution in [2.75, 3.05) is 20.2 Å². The van der Waals surface area contributed by atoms with Crippen LogP contribution in [0.4, 0.5) is 0 Å². The van der Waals surface area contributed by atoms with Gasteiger partial charge in [0.05, 0.1) is 23.8 Å². The van der Waals surface area contributed by atoms with E-state index in [0.29, 0.717) is 65.7 Å². The largest absolute Gasteiger partial charge is 0.496 e. The van der Waals surface area contributed by atoms with Gasteiger partial charge in [0.1, 0.15) is 23.0 Å². The zero-order valence-electron chi connectivity index (χ0n) is 22.7. The fraction of sp³-hybridized carbons (Fsp3) is 0.303. The Morgan fingerprint density at radius 1 is 1.00 bits per heavy atom. The third-order valence-corrected chi connectivity index (χ3v) is 8.75. The summed E-state index contributed by atoms with van der Waals surface area (Å²) in [6.45, 7) is 1.28. The first-order valence-corrected chi connectivity index (χ1v) is 14.0. The van der Waals surface area contributed by atoms with Gasteiger partial charge in [-0.15, -0.1) is 0 Å². The summed E-state index contributed by atoms with van der Waals surface area (Å²) in [6, 6.07) is 18.0. The Morgan fingerprint density at radius 3 is 2.51 bits per heavy atom. The number of Topliss-reactive ketones (excluding diaryl/α,β-unsaturated/α-hetero) is 2. The lowest BCUT2D eigenvalue weighted by atomic mass is 9.70. The van der Waals surface area contributed by atoms with E-state index in [9.17, 15) is 19.5 Å². The molecule has 8 heteroatoms. The first-order valence-electron chi connectivity index (χ1n) is 14.0. The van der Waals surface area contributed by atoms with Gasteiger partial charge >= 0.3 is 5.97 Å². The SMILES string of the molecule is COc1cc(C(=O)C2C(=O)c3cc(-c4cccc(C(=O)O)c4)ccc3OC23CCNCC3)cc2c1ccn2C1CC1. The van der Waals surface area contributed by atoms with Crippen LogP contribution in [0, 0.1) is 5.92 Å². The number of carbonyl (C=O) groups excluding carboxylic acids is 2. The minimum Gasteiger partial charge on any atom is -0.496 e. The molecule has 1 aliphatic carbocycles. The first-order chi connectivity index (χ1) is 19.9. The number of hydrogen-bond acceptors (Lipinski definition) is 6. The molecule has 8 nitrogen and oxygen atoms in total. The Bertz CT molecular complexity index is 1730. The Morgan fingerprint density at radius 2 is 1.78 bits per heavy atom. The van der Waals surface area contributed by atoms with Gasteiger partial charge in [-0.3, -0.25) is 9.59 Å². The van der Waals surface area contributed by atoms with Crippen LogP contribution in [0.1, 0.15) is 62.8 Å². The second kappa shape index (κ2) is 9.59. The van der Waals surface area contributed by atoms with Crippen molar-refractivity contribution in [1.82, 2.24) is 9.88 Å². The van der Waals surface area contributed by atoms with Crippen LogP contribution in [0.3, 0.4) is 0 Å². The maximum atomic E-state index is 14.4. The van der Waals surface area contributed by atoms with E-state index < -0.39 is 17.5 Å². The number of piperidine rings is 1. The Balaban J connectivity index is 1.33. The lowest BCUT2D eigenvalue weighted by Crippen LogP contribution is -2.58. The van der Waals surface area contributed by atoms with Gasteiger partial charge in [0.2, 0.25) is 0 Å². The average molecular weight is 551 g/mol. The Hall–Kier alpha value is -4.43. The number of methoxy groups -OCH3 is 1. The molecule has 0 amide bonds. The number of benzene rings is 3. The molecule has 1 unspecified atom stereocenters. The zero-order valence-corrected chi connectivity index (χ0v) is 22.7. The van der Waals surface area contributed by atoms with Crippen molar-refractivity contribution in [3.8, 4) is 22.6 Å². The molecule has 4 aromatic rings. The van der Waals surface area contributed by atoms with E-state index in [0.717, 1.165) is 23.7 Å². The molecule has 1 spiro atoms. The topological polar surface area (TPSA) is 107 Å². The maximum Gasteiger partial charge on any atom is 0.335 e. The quantitative estimate of drug-likeness (QED) is 0.240. The van der Waals surface area contributed by atoms with Crippen molar-refractivity contribution in [3.05, 3.63) is 83.6 Å². The maximum absolute atomic E-state index is 14.4. The lowest BCUT2D eigenvalue weighted by molar-refractivity contribution is -0.0138. The molecule has 0 radical (unpaired) electrons. The Kier molecular flexibility index (Phi) is 5.97. The van der Waals surface area contributed by atoms with Crippen LogP contribution in [0.15, 0.2) is 66.9 Å². The van der Waals surface area contributed by atoms with Gasteiger partial charge in [0.15, 0.2) is 11.6 Å². The van der Waals surface area contributed by atoms with Crippen LogP contribution in [-0.4, -0.2) is 53.0 Å². The van der Waals surface area contributed by atoms with E-state index >= 15 is 0 Å². The number of carboxylic acid groups (broad SMARTS) is 1. The van der Waals surface area contributed by atoms with Crippen molar-refractivity contribution >= 4 is 28.4 Å². The van der Waals surface area contributed by atoms with Gasteiger partial charge < -0.3 is 24.5 Å². The second-order valence-electron chi connectivity index (χ2n) is 11.2. The summed E-state index contributed by atoms with van der Waals surface area (Å²) in [7, 11) is 1.60. The highest BCUT2D eigenvalue weighted by Gasteiger charge is 2.54. The van der Waals surface area contributed by atoms with Crippen molar-refractivity contribution in [2.24, 2.45) is 5.92 Å². The number of aromatic nitrogens is 1. The number of carbonyl (C=O) groups is 3. The van der Waals surface area contributed by atoms with Crippen molar-refractivity contribution in [2.45, 2.75) is 37.3 Å². The molecular formula is C33H30N2O6. The highest BCUT2D eigenvalue weighted by molar-refractivity contribution is 6.19. The number of aromatic carboxylic acids is 1. The van der Waals surface area contributed by atoms with E-state index in [1.165, 1.54) is 6.07 Å². The molecule has 41 heavy (non-hydrogen) atoms. The third kappa shape index (κ3) is 4.21. The molecule has 1 saturated carbocycles. The predicted octanol–water partition coefficient (Wildman–Crippen LogP) is 5.55. The van der Waals surface area contributed by atoms with E-state index in [4.69, 9.17) is 9.47 Å². The summed E-state index contributed by atoms with van der Waals surface area (Å²) in [5.74, 6) is -1.53. The summed E-state index contributed by atoms with van der Waals surface area (Å²) in [4.78, 5) is 40.4. The molecule has 1 aromatic heterocycles. The van der Waals surface area contributed by atoms with Crippen LogP contribution in [-0.2, 0) is 0 Å². The van der Waals surface area contributed by atoms with E-state index in [1.807, 2.05) is 24.4 Å². The van der Waals surface area contributed by atoms with Crippen molar-refractivity contribution < 1.29 is 29.0 Å². The monoisotopic (exact) mass is 550 g/mol. The van der Waals surface area contributed by atoms with Gasteiger partial charge in [0, 0.05) is 36.0 Å². The van der Waals surface area contributed by atoms with Gasteiger partial charge in [-0.05, 0) is 79.5 Å². The normalized spacial score (nSPS) is 19.5. The molecular weight excluding hydrogens is 520 g/mol. The number of nitrogens with one attached hydrogen (secondary N) is 1. The van der Waals surface area contributed by atoms with Crippen LogP contribution in [0.2, 0.25) is 0 Å². The molecule has 7 rings (SSSR count). The number of ether oxygens (including phenoxy) is 2. The molecule has 3 aliphatic rings. The minimum atomic E-state index is -1.03. The van der Waals surface area contributed by atoms with Crippen molar-refractivity contribution in [3.63, 3.8) is 0 Å². The standard InChI is InChI=1S/C33H30N2O6/c1-40-28-18-22(17-26-24(28)9-14-35(26)23-6-7-23)30(36)29-31(37)25-16-20(19-3-2-4-21(15-19)32(38)39)5-8-27(25)41-33(29)10-12-34-13-11-33/h2-5,8-9,14-18,23,29,34H,6-7,10-13H2,1H3,(H,38,39). The second-order valence-corrected chi connectivity index (χ2v) is 11.2. The lowest BCUT2D eigenvalue weighted by Gasteiger charge is -2.45. The smallest absolute Gasteiger partial charge is 0.335 e. The number of ketones is 2. The fourth-order valence-electron chi connectivity index (χ4n) is 6.47. The first kappa shape index (κ1) is 25.5. The summed E-state index contributed by atoms with van der Waals surface area (Å²) in [6.07, 6.45) is 5.29. The van der Waals surface area contributed by atoms with Gasteiger partial charge in [-0.25, -0.2) is 4.79 Å². The molecule has 2 fully saturated rings. The van der Waals surface area contributed by atoms with Crippen LogP contribution < -0.4 is 14.8 Å². The molecule has 2 N–H and O–H groups in total. The van der Waals surface area contributed by atoms with Crippen LogP contribution >= 0.6 is 0 Å². The highest BCUT2D eigenvalue weighted by Crippen LogP contribution is 2.46.